The summed E-state index contributed by atoms with van der Waals surface area (Å²) in [6, 6.07) is 13.1. The summed E-state index contributed by atoms with van der Waals surface area (Å²) in [7, 11) is -3.75. The number of halogens is 2. The Kier molecular flexibility index (Phi) is 10.6. The van der Waals surface area contributed by atoms with Gasteiger partial charge in [-0.15, -0.1) is 0 Å². The lowest BCUT2D eigenvalue weighted by Crippen LogP contribution is -2.53. The van der Waals surface area contributed by atoms with Crippen molar-refractivity contribution in [2.45, 2.75) is 52.2 Å². The number of nitrogens with one attached hydrogen (secondary N) is 1. The molecule has 0 spiro atoms. The molecule has 0 fully saturated rings. The van der Waals surface area contributed by atoms with Gasteiger partial charge in [0.15, 0.2) is 0 Å². The molecular formula is C24H31ClIN3O4S. The summed E-state index contributed by atoms with van der Waals surface area (Å²) in [6.45, 7) is 5.43. The minimum absolute atomic E-state index is 0.0478. The molecule has 2 amide bonds. The lowest BCUT2D eigenvalue weighted by molar-refractivity contribution is -0.140. The van der Waals surface area contributed by atoms with Crippen LogP contribution in [0.25, 0.3) is 0 Å². The van der Waals surface area contributed by atoms with Gasteiger partial charge in [0.1, 0.15) is 12.6 Å². The van der Waals surface area contributed by atoms with Gasteiger partial charge >= 0.3 is 0 Å². The monoisotopic (exact) mass is 619 g/mol. The predicted molar refractivity (Wildman–Crippen MR) is 145 cm³/mol. The average Bonchev–Trinajstić information content (AvgIpc) is 2.78. The van der Waals surface area contributed by atoms with Crippen LogP contribution in [-0.4, -0.2) is 50.0 Å². The second-order valence-corrected chi connectivity index (χ2v) is 11.7. The van der Waals surface area contributed by atoms with E-state index in [2.05, 4.69) is 27.9 Å². The molecule has 2 atom stereocenters. The van der Waals surface area contributed by atoms with Gasteiger partial charge in [0.25, 0.3) is 0 Å². The summed E-state index contributed by atoms with van der Waals surface area (Å²) in [4.78, 5) is 28.1. The third-order valence-electron chi connectivity index (χ3n) is 5.45. The van der Waals surface area contributed by atoms with Gasteiger partial charge < -0.3 is 10.2 Å². The second kappa shape index (κ2) is 12.7. The van der Waals surface area contributed by atoms with Gasteiger partial charge in [-0.25, -0.2) is 8.42 Å². The van der Waals surface area contributed by atoms with E-state index in [4.69, 9.17) is 11.6 Å². The first kappa shape index (κ1) is 28.4. The molecule has 0 bridgehead atoms. The van der Waals surface area contributed by atoms with Crippen molar-refractivity contribution in [3.05, 3.63) is 62.7 Å². The zero-order chi connectivity index (χ0) is 25.5. The Balaban J connectivity index is 2.41. The highest BCUT2D eigenvalue weighted by atomic mass is 127. The van der Waals surface area contributed by atoms with E-state index in [-0.39, 0.29) is 18.5 Å². The largest absolute Gasteiger partial charge is 0.352 e. The van der Waals surface area contributed by atoms with Crippen molar-refractivity contribution < 1.29 is 18.0 Å². The molecule has 0 aliphatic heterocycles. The molecule has 7 nitrogen and oxygen atoms in total. The van der Waals surface area contributed by atoms with Crippen LogP contribution in [-0.2, 0) is 26.2 Å². The Labute approximate surface area is 221 Å². The molecule has 0 aliphatic rings. The fraction of sp³-hybridized carbons (Fsp3) is 0.417. The number of benzene rings is 2. The van der Waals surface area contributed by atoms with E-state index in [1.807, 2.05) is 20.8 Å². The molecule has 0 saturated carbocycles. The maximum absolute atomic E-state index is 13.6. The molecule has 186 valence electrons. The maximum Gasteiger partial charge on any atom is 0.244 e. The Morgan fingerprint density at radius 1 is 1.03 bits per heavy atom. The van der Waals surface area contributed by atoms with E-state index in [1.165, 1.54) is 4.90 Å². The summed E-state index contributed by atoms with van der Waals surface area (Å²) >= 11 is 8.13. The Morgan fingerprint density at radius 3 is 2.12 bits per heavy atom. The van der Waals surface area contributed by atoms with Crippen LogP contribution >= 0.6 is 34.2 Å². The predicted octanol–water partition coefficient (Wildman–Crippen LogP) is 4.43. The molecule has 0 unspecified atom stereocenters. The molecule has 1 N–H and O–H groups in total. The van der Waals surface area contributed by atoms with E-state index in [0.717, 1.165) is 26.1 Å². The van der Waals surface area contributed by atoms with E-state index in [9.17, 15) is 18.0 Å². The topological polar surface area (TPSA) is 86.8 Å². The van der Waals surface area contributed by atoms with Gasteiger partial charge in [0.2, 0.25) is 21.8 Å². The highest BCUT2D eigenvalue weighted by Crippen LogP contribution is 2.21. The van der Waals surface area contributed by atoms with Crippen LogP contribution in [0.1, 0.15) is 39.2 Å². The van der Waals surface area contributed by atoms with Crippen molar-refractivity contribution >= 4 is 61.7 Å². The van der Waals surface area contributed by atoms with Gasteiger partial charge in [0, 0.05) is 21.2 Å². The van der Waals surface area contributed by atoms with Gasteiger partial charge in [-0.05, 0) is 84.3 Å². The van der Waals surface area contributed by atoms with Crippen molar-refractivity contribution in [3.63, 3.8) is 0 Å². The van der Waals surface area contributed by atoms with Crippen LogP contribution < -0.4 is 9.62 Å². The number of rotatable bonds is 11. The number of carbonyl (C=O) groups excluding carboxylic acids is 2. The first-order chi connectivity index (χ1) is 16.0. The van der Waals surface area contributed by atoms with Crippen molar-refractivity contribution in [2.75, 3.05) is 17.1 Å². The summed E-state index contributed by atoms with van der Waals surface area (Å²) in [5.74, 6) is -0.732. The lowest BCUT2D eigenvalue weighted by atomic mass is 10.1. The first-order valence-electron chi connectivity index (χ1n) is 11.0. The average molecular weight is 620 g/mol. The molecule has 10 heteroatoms. The summed E-state index contributed by atoms with van der Waals surface area (Å²) < 4.78 is 27.2. The SMILES string of the molecule is CC[C@@H](C)NC(=O)[C@H](CC)N(Cc1ccc(Cl)cc1)C(=O)CN(c1ccc(I)cc1)S(C)(=O)=O. The zero-order valence-electron chi connectivity index (χ0n) is 19.8. The van der Waals surface area contributed by atoms with Gasteiger partial charge in [-0.2, -0.15) is 0 Å². The summed E-state index contributed by atoms with van der Waals surface area (Å²) in [5.41, 5.74) is 1.17. The van der Waals surface area contributed by atoms with Crippen molar-refractivity contribution in [1.82, 2.24) is 10.2 Å². The van der Waals surface area contributed by atoms with Gasteiger partial charge in [-0.1, -0.05) is 37.6 Å². The van der Waals surface area contributed by atoms with Crippen LogP contribution in [0, 0.1) is 3.57 Å². The normalized spacial score (nSPS) is 13.1. The minimum atomic E-state index is -3.75. The van der Waals surface area contributed by atoms with Crippen molar-refractivity contribution in [1.29, 1.82) is 0 Å². The number of hydrogen-bond donors (Lipinski definition) is 1. The van der Waals surface area contributed by atoms with E-state index in [0.29, 0.717) is 17.1 Å². The van der Waals surface area contributed by atoms with E-state index >= 15 is 0 Å². The molecule has 2 aromatic rings. The third-order valence-corrected chi connectivity index (χ3v) is 7.56. The van der Waals surface area contributed by atoms with Crippen molar-refractivity contribution in [2.24, 2.45) is 0 Å². The molecule has 2 aromatic carbocycles. The van der Waals surface area contributed by atoms with Crippen molar-refractivity contribution in [3.8, 4) is 0 Å². The molecular weight excluding hydrogens is 589 g/mol. The number of hydrogen-bond acceptors (Lipinski definition) is 4. The van der Waals surface area contributed by atoms with E-state index < -0.39 is 28.5 Å². The van der Waals surface area contributed by atoms with Gasteiger partial charge in [0.05, 0.1) is 11.9 Å². The second-order valence-electron chi connectivity index (χ2n) is 8.14. The lowest BCUT2D eigenvalue weighted by Gasteiger charge is -2.33. The number of amides is 2. The summed E-state index contributed by atoms with van der Waals surface area (Å²) in [5, 5.41) is 3.51. The highest BCUT2D eigenvalue weighted by Gasteiger charge is 2.32. The third kappa shape index (κ3) is 8.13. The zero-order valence-corrected chi connectivity index (χ0v) is 23.5. The number of nitrogens with zero attached hydrogens (tertiary/aromatic N) is 2. The summed E-state index contributed by atoms with van der Waals surface area (Å²) in [6.07, 6.45) is 2.20. The van der Waals surface area contributed by atoms with Crippen LogP contribution in [0.15, 0.2) is 48.5 Å². The maximum atomic E-state index is 13.6. The Bertz CT molecular complexity index is 1080. The smallest absolute Gasteiger partial charge is 0.244 e. The van der Waals surface area contributed by atoms with Crippen LogP contribution in [0.4, 0.5) is 5.69 Å². The molecule has 2 rings (SSSR count). The number of anilines is 1. The first-order valence-corrected chi connectivity index (χ1v) is 14.3. The fourth-order valence-corrected chi connectivity index (χ4v) is 4.70. The van der Waals surface area contributed by atoms with E-state index in [1.54, 1.807) is 48.5 Å². The highest BCUT2D eigenvalue weighted by molar-refractivity contribution is 14.1. The standard InChI is InChI=1S/C24H31ClIN3O4S/c1-5-17(3)27-24(31)22(6-2)28(15-18-7-9-19(25)10-8-18)23(30)16-29(34(4,32)33)21-13-11-20(26)12-14-21/h7-14,17,22H,5-6,15-16H2,1-4H3,(H,27,31)/t17-,22+/m1/s1. The Morgan fingerprint density at radius 2 is 1.62 bits per heavy atom. The Hall–Kier alpha value is -1.85. The molecule has 34 heavy (non-hydrogen) atoms. The molecule has 0 radical (unpaired) electrons. The molecule has 0 aromatic heterocycles. The molecule has 0 aliphatic carbocycles. The minimum Gasteiger partial charge on any atom is -0.352 e. The van der Waals surface area contributed by atoms with Crippen LogP contribution in [0.2, 0.25) is 5.02 Å². The van der Waals surface area contributed by atoms with Crippen LogP contribution in [0.5, 0.6) is 0 Å². The van der Waals surface area contributed by atoms with Crippen LogP contribution in [0.3, 0.4) is 0 Å². The number of carbonyl (C=O) groups is 2. The molecule has 0 heterocycles. The number of sulfonamides is 1. The molecule has 0 saturated heterocycles. The quantitative estimate of drug-likeness (QED) is 0.377. The van der Waals surface area contributed by atoms with Gasteiger partial charge in [-0.3, -0.25) is 13.9 Å². The fourth-order valence-electron chi connectivity index (χ4n) is 3.37.